The van der Waals surface area contributed by atoms with E-state index >= 15 is 0 Å². The van der Waals surface area contributed by atoms with Crippen molar-refractivity contribution in [1.29, 1.82) is 0 Å². The number of nitrogens with one attached hydrogen (secondary N) is 1. The number of ether oxygens (including phenoxy) is 1. The Labute approximate surface area is 184 Å². The number of fused-ring (bicyclic) bond motifs is 1. The molecule has 0 spiro atoms. The number of methoxy groups -OCH3 is 1. The fourth-order valence-electron chi connectivity index (χ4n) is 3.36. The van der Waals surface area contributed by atoms with Crippen LogP contribution in [0.5, 0.6) is 17.2 Å². The van der Waals surface area contributed by atoms with Crippen LogP contribution < -0.4 is 10.1 Å². The van der Waals surface area contributed by atoms with Gasteiger partial charge in [-0.05, 0) is 42.8 Å². The van der Waals surface area contributed by atoms with Gasteiger partial charge in [0.2, 0.25) is 0 Å². The molecule has 0 aromatic heterocycles. The average molecular weight is 427 g/mol. The number of azo groups is 1. The minimum Gasteiger partial charge on any atom is -0.506 e. The molecule has 4 rings (SSSR count). The molecule has 0 fully saturated rings. The van der Waals surface area contributed by atoms with Gasteiger partial charge in [0.25, 0.3) is 5.91 Å². The third-order valence-electron chi connectivity index (χ3n) is 4.99. The van der Waals surface area contributed by atoms with E-state index in [1.54, 1.807) is 66.7 Å². The van der Waals surface area contributed by atoms with E-state index in [4.69, 9.17) is 4.74 Å². The van der Waals surface area contributed by atoms with Gasteiger partial charge < -0.3 is 20.3 Å². The highest BCUT2D eigenvalue weighted by Gasteiger charge is 2.18. The molecule has 4 aromatic carbocycles. The number of amides is 1. The Morgan fingerprint density at radius 2 is 1.56 bits per heavy atom. The van der Waals surface area contributed by atoms with Gasteiger partial charge in [0, 0.05) is 10.8 Å². The normalized spacial score (nSPS) is 11.1. The number of carbonyl (C=O) groups excluding carboxylic acids is 1. The first kappa shape index (κ1) is 20.9. The van der Waals surface area contributed by atoms with E-state index in [9.17, 15) is 15.0 Å². The van der Waals surface area contributed by atoms with E-state index in [0.717, 1.165) is 5.56 Å². The Balaban J connectivity index is 1.79. The van der Waals surface area contributed by atoms with Crippen molar-refractivity contribution in [3.8, 4) is 17.2 Å². The summed E-state index contributed by atoms with van der Waals surface area (Å²) in [6.07, 6.45) is 0. The van der Waals surface area contributed by atoms with Gasteiger partial charge in [0.15, 0.2) is 0 Å². The van der Waals surface area contributed by atoms with Gasteiger partial charge in [-0.25, -0.2) is 0 Å². The zero-order chi connectivity index (χ0) is 22.7. The maximum Gasteiger partial charge on any atom is 0.259 e. The number of carbonyl (C=O) groups is 1. The fraction of sp³-hybridized carbons (Fsp3) is 0.0800. The molecular weight excluding hydrogens is 406 g/mol. The number of benzene rings is 4. The molecule has 0 radical (unpaired) electrons. The minimum absolute atomic E-state index is 0.00317. The van der Waals surface area contributed by atoms with Crippen LogP contribution in [0.2, 0.25) is 0 Å². The van der Waals surface area contributed by atoms with Crippen LogP contribution in [0, 0.1) is 6.92 Å². The van der Waals surface area contributed by atoms with Crippen molar-refractivity contribution in [3.05, 3.63) is 83.9 Å². The van der Waals surface area contributed by atoms with Crippen molar-refractivity contribution in [2.24, 2.45) is 10.2 Å². The van der Waals surface area contributed by atoms with Crippen molar-refractivity contribution in [2.45, 2.75) is 6.92 Å². The van der Waals surface area contributed by atoms with Crippen LogP contribution in [0.1, 0.15) is 15.9 Å². The highest BCUT2D eigenvalue weighted by molar-refractivity contribution is 6.12. The third-order valence-corrected chi connectivity index (χ3v) is 4.99. The minimum atomic E-state index is -0.521. The van der Waals surface area contributed by atoms with E-state index in [1.165, 1.54) is 13.2 Å². The van der Waals surface area contributed by atoms with Gasteiger partial charge in [-0.3, -0.25) is 4.79 Å². The van der Waals surface area contributed by atoms with E-state index in [-0.39, 0.29) is 17.1 Å². The molecule has 0 aliphatic heterocycles. The Kier molecular flexibility index (Phi) is 5.72. The Morgan fingerprint density at radius 1 is 0.875 bits per heavy atom. The molecule has 32 heavy (non-hydrogen) atoms. The van der Waals surface area contributed by atoms with E-state index in [1.807, 2.05) is 6.92 Å². The van der Waals surface area contributed by atoms with Crippen molar-refractivity contribution < 1.29 is 19.7 Å². The summed E-state index contributed by atoms with van der Waals surface area (Å²) in [5.41, 5.74) is 2.12. The number of phenolic OH excluding ortho intramolecular Hbond substituents is 2. The lowest BCUT2D eigenvalue weighted by atomic mass is 10.0. The molecule has 1 amide bonds. The zero-order valence-corrected chi connectivity index (χ0v) is 17.5. The number of aryl methyl sites for hydroxylation is 1. The summed E-state index contributed by atoms with van der Waals surface area (Å²) in [5, 5.41) is 33.2. The highest BCUT2D eigenvalue weighted by atomic mass is 16.5. The first-order valence-corrected chi connectivity index (χ1v) is 9.88. The molecule has 3 N–H and O–H groups in total. The summed E-state index contributed by atoms with van der Waals surface area (Å²) in [7, 11) is 1.51. The predicted octanol–water partition coefficient (Wildman–Crippen LogP) is 6.24. The lowest BCUT2D eigenvalue weighted by Crippen LogP contribution is -2.13. The molecule has 7 heteroatoms. The zero-order valence-electron chi connectivity index (χ0n) is 17.5. The van der Waals surface area contributed by atoms with Crippen molar-refractivity contribution in [3.63, 3.8) is 0 Å². The Morgan fingerprint density at radius 3 is 2.34 bits per heavy atom. The van der Waals surface area contributed by atoms with Gasteiger partial charge in [-0.2, -0.15) is 0 Å². The summed E-state index contributed by atoms with van der Waals surface area (Å²) < 4.78 is 5.28. The smallest absolute Gasteiger partial charge is 0.259 e. The van der Waals surface area contributed by atoms with Crippen LogP contribution in [-0.2, 0) is 0 Å². The summed E-state index contributed by atoms with van der Waals surface area (Å²) in [6, 6.07) is 20.5. The molecule has 0 aliphatic rings. The number of rotatable bonds is 5. The summed E-state index contributed by atoms with van der Waals surface area (Å²) >= 11 is 0. The number of hydrogen-bond acceptors (Lipinski definition) is 6. The number of phenols is 2. The molecule has 0 saturated carbocycles. The molecule has 0 atom stereocenters. The topological polar surface area (TPSA) is 104 Å². The van der Waals surface area contributed by atoms with Crippen molar-refractivity contribution in [2.75, 3.05) is 12.4 Å². The molecule has 160 valence electrons. The van der Waals surface area contributed by atoms with Gasteiger partial charge in [-0.1, -0.05) is 42.5 Å². The van der Waals surface area contributed by atoms with E-state index in [0.29, 0.717) is 33.6 Å². The molecule has 4 aromatic rings. The van der Waals surface area contributed by atoms with Crippen LogP contribution >= 0.6 is 0 Å². The van der Waals surface area contributed by atoms with Crippen molar-refractivity contribution >= 4 is 33.7 Å². The SMILES string of the molecule is COc1ccccc1NC(=O)c1cc(N=Nc2cc(C)ccc2O)c2ccccc2c1O. The quantitative estimate of drug-likeness (QED) is 0.328. The first-order chi connectivity index (χ1) is 15.5. The van der Waals surface area contributed by atoms with Gasteiger partial charge in [0.1, 0.15) is 22.9 Å². The lowest BCUT2D eigenvalue weighted by molar-refractivity contribution is 0.102. The first-order valence-electron chi connectivity index (χ1n) is 9.88. The molecule has 0 unspecified atom stereocenters. The van der Waals surface area contributed by atoms with Gasteiger partial charge >= 0.3 is 0 Å². The largest absolute Gasteiger partial charge is 0.506 e. The van der Waals surface area contributed by atoms with Crippen LogP contribution in [0.4, 0.5) is 17.1 Å². The second-order valence-corrected chi connectivity index (χ2v) is 7.18. The number of para-hydroxylation sites is 2. The highest BCUT2D eigenvalue weighted by Crippen LogP contribution is 2.38. The predicted molar refractivity (Wildman–Crippen MR) is 124 cm³/mol. The molecular formula is C25H21N3O4. The molecule has 0 bridgehead atoms. The van der Waals surface area contributed by atoms with E-state index < -0.39 is 5.91 Å². The van der Waals surface area contributed by atoms with Gasteiger partial charge in [-0.15, -0.1) is 10.2 Å². The Hall–Kier alpha value is -4.39. The van der Waals surface area contributed by atoms with Gasteiger partial charge in [0.05, 0.1) is 24.0 Å². The maximum absolute atomic E-state index is 13.0. The lowest BCUT2D eigenvalue weighted by Gasteiger charge is -2.13. The monoisotopic (exact) mass is 427 g/mol. The average Bonchev–Trinajstić information content (AvgIpc) is 2.81. The van der Waals surface area contributed by atoms with Crippen LogP contribution in [0.3, 0.4) is 0 Å². The number of anilines is 1. The van der Waals surface area contributed by atoms with E-state index in [2.05, 4.69) is 15.5 Å². The van der Waals surface area contributed by atoms with Crippen molar-refractivity contribution in [1.82, 2.24) is 0 Å². The molecule has 0 saturated heterocycles. The number of hydrogen-bond donors (Lipinski definition) is 3. The second-order valence-electron chi connectivity index (χ2n) is 7.18. The summed E-state index contributed by atoms with van der Waals surface area (Å²) in [4.78, 5) is 13.0. The standard InChI is InChI=1S/C25H21N3O4/c1-15-11-12-22(29)21(13-15)28-27-20-14-18(24(30)17-8-4-3-7-16(17)20)25(31)26-19-9-5-6-10-23(19)32-2/h3-14,29-30H,1-2H3,(H,26,31). The summed E-state index contributed by atoms with van der Waals surface area (Å²) in [5.74, 6) is -0.189. The second kappa shape index (κ2) is 8.77. The fourth-order valence-corrected chi connectivity index (χ4v) is 3.36. The summed E-state index contributed by atoms with van der Waals surface area (Å²) in [6.45, 7) is 1.88. The maximum atomic E-state index is 13.0. The molecule has 0 aliphatic carbocycles. The third kappa shape index (κ3) is 4.09. The number of aromatic hydroxyl groups is 2. The number of nitrogens with zero attached hydrogens (tertiary/aromatic N) is 2. The van der Waals surface area contributed by atoms with Crippen LogP contribution in [0.15, 0.2) is 83.0 Å². The van der Waals surface area contributed by atoms with Crippen LogP contribution in [-0.4, -0.2) is 23.2 Å². The molecule has 7 nitrogen and oxygen atoms in total. The molecule has 0 heterocycles. The Bertz CT molecular complexity index is 1350. The van der Waals surface area contributed by atoms with Crippen LogP contribution in [0.25, 0.3) is 10.8 Å².